The lowest BCUT2D eigenvalue weighted by molar-refractivity contribution is 0.969. The number of rotatable bonds is 3. The maximum absolute atomic E-state index is 6.21. The first-order chi connectivity index (χ1) is 12.1. The van der Waals surface area contributed by atoms with E-state index in [0.29, 0.717) is 22.3 Å². The van der Waals surface area contributed by atoms with Crippen LogP contribution in [0.2, 0.25) is 5.02 Å². The summed E-state index contributed by atoms with van der Waals surface area (Å²) >= 11 is 6.21. The van der Waals surface area contributed by atoms with Gasteiger partial charge in [-0.05, 0) is 30.3 Å². The van der Waals surface area contributed by atoms with Crippen LogP contribution >= 0.6 is 11.6 Å². The molecular weight excluding hydrogens is 334 g/mol. The van der Waals surface area contributed by atoms with Crippen LogP contribution in [0.4, 0.5) is 17.3 Å². The number of nitrogens with one attached hydrogen (secondary N) is 1. The van der Waals surface area contributed by atoms with Gasteiger partial charge in [0.25, 0.3) is 0 Å². The molecule has 0 aliphatic rings. The fraction of sp³-hybridized carbons (Fsp3) is 0.0526. The van der Waals surface area contributed by atoms with Gasteiger partial charge in [-0.15, -0.1) is 0 Å². The molecule has 0 unspecified atom stereocenters. The van der Waals surface area contributed by atoms with Crippen molar-refractivity contribution >= 4 is 39.8 Å². The summed E-state index contributed by atoms with van der Waals surface area (Å²) in [6, 6.07) is 15.4. The number of aryl methyl sites for hydroxylation is 1. The van der Waals surface area contributed by atoms with Crippen LogP contribution in [0.15, 0.2) is 60.9 Å². The molecule has 2 heterocycles. The molecule has 0 saturated heterocycles. The number of para-hydroxylation sites is 1. The average molecular weight is 350 g/mol. The molecule has 0 saturated carbocycles. The zero-order valence-corrected chi connectivity index (χ0v) is 14.3. The minimum Gasteiger partial charge on any atom is -0.399 e. The largest absolute Gasteiger partial charge is 0.399 e. The highest BCUT2D eigenvalue weighted by Crippen LogP contribution is 2.30. The second-order valence-corrected chi connectivity index (χ2v) is 6.21. The second kappa shape index (κ2) is 6.11. The van der Waals surface area contributed by atoms with Gasteiger partial charge in [0, 0.05) is 41.6 Å². The monoisotopic (exact) mass is 349 g/mol. The number of nitrogens with zero attached hydrogens (tertiary/aromatic N) is 3. The van der Waals surface area contributed by atoms with Crippen molar-refractivity contribution < 1.29 is 0 Å². The Kier molecular flexibility index (Phi) is 3.78. The minimum atomic E-state index is 0.470. The van der Waals surface area contributed by atoms with Gasteiger partial charge < -0.3 is 15.6 Å². The number of halogens is 1. The van der Waals surface area contributed by atoms with Crippen molar-refractivity contribution in [3.63, 3.8) is 0 Å². The molecule has 25 heavy (non-hydrogen) atoms. The molecule has 0 bridgehead atoms. The van der Waals surface area contributed by atoms with Gasteiger partial charge in [0.1, 0.15) is 0 Å². The van der Waals surface area contributed by atoms with Gasteiger partial charge in [-0.2, -0.15) is 0 Å². The Balaban J connectivity index is 1.75. The zero-order chi connectivity index (χ0) is 17.4. The Morgan fingerprint density at radius 1 is 1.12 bits per heavy atom. The van der Waals surface area contributed by atoms with Crippen LogP contribution in [0.25, 0.3) is 22.2 Å². The highest BCUT2D eigenvalue weighted by Gasteiger charge is 2.11. The van der Waals surface area contributed by atoms with Crippen LogP contribution in [-0.2, 0) is 7.05 Å². The van der Waals surface area contributed by atoms with Gasteiger partial charge in [0.2, 0.25) is 5.95 Å². The summed E-state index contributed by atoms with van der Waals surface area (Å²) in [6.45, 7) is 0. The van der Waals surface area contributed by atoms with Crippen LogP contribution in [0.5, 0.6) is 0 Å². The van der Waals surface area contributed by atoms with Crippen molar-refractivity contribution in [2.45, 2.75) is 0 Å². The summed E-state index contributed by atoms with van der Waals surface area (Å²) in [5, 5.41) is 4.85. The minimum absolute atomic E-state index is 0.470. The third-order valence-corrected chi connectivity index (χ3v) is 4.39. The van der Waals surface area contributed by atoms with E-state index < -0.39 is 0 Å². The molecule has 4 aromatic rings. The quantitative estimate of drug-likeness (QED) is 0.530. The first kappa shape index (κ1) is 15.5. The Bertz CT molecular complexity index is 1070. The molecule has 0 amide bonds. The van der Waals surface area contributed by atoms with Crippen molar-refractivity contribution in [2.24, 2.45) is 7.05 Å². The third kappa shape index (κ3) is 2.90. The van der Waals surface area contributed by atoms with E-state index in [0.717, 1.165) is 22.2 Å². The van der Waals surface area contributed by atoms with E-state index in [1.165, 1.54) is 0 Å². The first-order valence-corrected chi connectivity index (χ1v) is 8.19. The van der Waals surface area contributed by atoms with E-state index in [4.69, 9.17) is 17.3 Å². The molecule has 0 atom stereocenters. The number of nitrogens with two attached hydrogens (primary N) is 1. The van der Waals surface area contributed by atoms with E-state index in [1.807, 2.05) is 25.2 Å². The van der Waals surface area contributed by atoms with Crippen LogP contribution in [-0.4, -0.2) is 14.5 Å². The molecular formula is C19H16ClN5. The summed E-state index contributed by atoms with van der Waals surface area (Å²) in [6.07, 6.45) is 3.80. The standard InChI is InChI=1S/C19H16ClN5/c1-25-11-14(13-4-2-3-5-18(13)25)16-8-9-22-19(23-16)24-17-10-12(21)6-7-15(17)20/h2-11H,21H2,1H3,(H,22,23,24). The molecule has 0 aliphatic heterocycles. The number of benzene rings is 2. The summed E-state index contributed by atoms with van der Waals surface area (Å²) in [5.74, 6) is 0.470. The summed E-state index contributed by atoms with van der Waals surface area (Å²) in [4.78, 5) is 8.93. The van der Waals surface area contributed by atoms with E-state index in [-0.39, 0.29) is 0 Å². The topological polar surface area (TPSA) is 68.8 Å². The molecule has 3 N–H and O–H groups in total. The number of fused-ring (bicyclic) bond motifs is 1. The highest BCUT2D eigenvalue weighted by atomic mass is 35.5. The van der Waals surface area contributed by atoms with Crippen molar-refractivity contribution in [3.05, 3.63) is 65.9 Å². The molecule has 4 rings (SSSR count). The van der Waals surface area contributed by atoms with Gasteiger partial charge in [0.05, 0.1) is 16.4 Å². The van der Waals surface area contributed by atoms with E-state index in [9.17, 15) is 0 Å². The van der Waals surface area contributed by atoms with Gasteiger partial charge in [-0.1, -0.05) is 29.8 Å². The van der Waals surface area contributed by atoms with Gasteiger partial charge in [0.15, 0.2) is 0 Å². The molecule has 0 fully saturated rings. The lowest BCUT2D eigenvalue weighted by atomic mass is 10.1. The van der Waals surface area contributed by atoms with Gasteiger partial charge in [-0.3, -0.25) is 0 Å². The summed E-state index contributed by atoms with van der Waals surface area (Å²) < 4.78 is 2.09. The molecule has 124 valence electrons. The van der Waals surface area contributed by atoms with E-state index >= 15 is 0 Å². The van der Waals surface area contributed by atoms with Crippen LogP contribution in [0, 0.1) is 0 Å². The Morgan fingerprint density at radius 3 is 2.84 bits per heavy atom. The highest BCUT2D eigenvalue weighted by molar-refractivity contribution is 6.33. The number of nitrogen functional groups attached to an aromatic ring is 1. The van der Waals surface area contributed by atoms with Crippen LogP contribution < -0.4 is 11.1 Å². The Morgan fingerprint density at radius 2 is 1.96 bits per heavy atom. The molecule has 0 aliphatic carbocycles. The van der Waals surface area contributed by atoms with Crippen molar-refractivity contribution in [1.29, 1.82) is 0 Å². The van der Waals surface area contributed by atoms with E-state index in [2.05, 4.69) is 38.2 Å². The van der Waals surface area contributed by atoms with Crippen molar-refractivity contribution in [2.75, 3.05) is 11.1 Å². The predicted octanol–water partition coefficient (Wildman–Crippen LogP) is 4.61. The number of hydrogen-bond acceptors (Lipinski definition) is 4. The lowest BCUT2D eigenvalue weighted by Crippen LogP contribution is -1.99. The van der Waals surface area contributed by atoms with Crippen LogP contribution in [0.1, 0.15) is 0 Å². The third-order valence-electron chi connectivity index (χ3n) is 4.07. The average Bonchev–Trinajstić information content (AvgIpc) is 2.96. The maximum Gasteiger partial charge on any atom is 0.227 e. The van der Waals surface area contributed by atoms with Gasteiger partial charge >= 0.3 is 0 Å². The normalized spacial score (nSPS) is 11.0. The predicted molar refractivity (Wildman–Crippen MR) is 103 cm³/mol. The molecule has 5 nitrogen and oxygen atoms in total. The summed E-state index contributed by atoms with van der Waals surface area (Å²) in [5.41, 5.74) is 10.2. The van der Waals surface area contributed by atoms with Crippen LogP contribution in [0.3, 0.4) is 0 Å². The maximum atomic E-state index is 6.21. The number of anilines is 3. The Hall–Kier alpha value is -3.05. The number of aromatic nitrogens is 3. The molecule has 0 spiro atoms. The zero-order valence-electron chi connectivity index (χ0n) is 13.6. The summed E-state index contributed by atoms with van der Waals surface area (Å²) in [7, 11) is 2.03. The fourth-order valence-corrected chi connectivity index (χ4v) is 3.04. The smallest absolute Gasteiger partial charge is 0.227 e. The first-order valence-electron chi connectivity index (χ1n) is 7.81. The van der Waals surface area contributed by atoms with Crippen molar-refractivity contribution in [3.8, 4) is 11.3 Å². The fourth-order valence-electron chi connectivity index (χ4n) is 2.87. The number of hydrogen-bond donors (Lipinski definition) is 2. The van der Waals surface area contributed by atoms with Gasteiger partial charge in [-0.25, -0.2) is 9.97 Å². The Labute approximate surface area is 150 Å². The molecule has 0 radical (unpaired) electrons. The second-order valence-electron chi connectivity index (χ2n) is 5.80. The lowest BCUT2D eigenvalue weighted by Gasteiger charge is -2.08. The molecule has 2 aromatic heterocycles. The SMILES string of the molecule is Cn1cc(-c2ccnc(Nc3cc(N)ccc3Cl)n2)c2ccccc21. The van der Waals surface area contributed by atoms with E-state index in [1.54, 1.807) is 24.4 Å². The molecule has 6 heteroatoms. The van der Waals surface area contributed by atoms with Crippen molar-refractivity contribution in [1.82, 2.24) is 14.5 Å². The molecule has 2 aromatic carbocycles.